The number of aromatic nitrogens is 4. The molecule has 0 aliphatic heterocycles. The highest BCUT2D eigenvalue weighted by Gasteiger charge is 2.19. The molecule has 0 radical (unpaired) electrons. The first kappa shape index (κ1) is 20.9. The van der Waals surface area contributed by atoms with Crippen LogP contribution in [0.25, 0.3) is 27.5 Å². The number of methoxy groups -OCH3 is 1. The van der Waals surface area contributed by atoms with Crippen LogP contribution in [0, 0.1) is 0 Å². The van der Waals surface area contributed by atoms with Gasteiger partial charge in [-0.05, 0) is 48.7 Å². The fourth-order valence-electron chi connectivity index (χ4n) is 3.92. The summed E-state index contributed by atoms with van der Waals surface area (Å²) in [5.74, 6) is 0.517. The fraction of sp³-hybridized carbons (Fsp3) is 0.120. The van der Waals surface area contributed by atoms with Gasteiger partial charge in [0, 0.05) is 17.6 Å². The van der Waals surface area contributed by atoms with Gasteiger partial charge in [-0.15, -0.1) is 0 Å². The van der Waals surface area contributed by atoms with Crippen LogP contribution in [0.15, 0.2) is 77.7 Å². The Labute approximate surface area is 194 Å². The molecule has 7 nitrogen and oxygen atoms in total. The Morgan fingerprint density at radius 2 is 1.85 bits per heavy atom. The molecule has 0 saturated carbocycles. The second-order valence-electron chi connectivity index (χ2n) is 7.55. The number of benzene rings is 2. The molecule has 0 spiro atoms. The molecule has 33 heavy (non-hydrogen) atoms. The van der Waals surface area contributed by atoms with Gasteiger partial charge in [0.25, 0.3) is 5.56 Å². The highest BCUT2D eigenvalue weighted by atomic mass is 35.5. The molecule has 2 aromatic carbocycles. The van der Waals surface area contributed by atoms with E-state index in [0.29, 0.717) is 27.3 Å². The molecule has 5 aromatic rings. The first-order chi connectivity index (χ1) is 16.1. The number of hydrogen-bond acceptors (Lipinski definition) is 6. The highest BCUT2D eigenvalue weighted by Crippen LogP contribution is 2.29. The van der Waals surface area contributed by atoms with Crippen molar-refractivity contribution in [3.05, 3.63) is 94.0 Å². The van der Waals surface area contributed by atoms with E-state index in [-0.39, 0.29) is 17.6 Å². The van der Waals surface area contributed by atoms with Crippen molar-refractivity contribution in [1.29, 1.82) is 0 Å². The number of anilines is 1. The first-order valence-corrected chi connectivity index (χ1v) is 10.8. The van der Waals surface area contributed by atoms with Gasteiger partial charge in [-0.3, -0.25) is 14.3 Å². The monoisotopic (exact) mass is 457 g/mol. The lowest BCUT2D eigenvalue weighted by atomic mass is 10.1. The molecule has 164 valence electrons. The van der Waals surface area contributed by atoms with E-state index < -0.39 is 0 Å². The minimum absolute atomic E-state index is 0.184. The van der Waals surface area contributed by atoms with Gasteiger partial charge in [0.1, 0.15) is 5.52 Å². The summed E-state index contributed by atoms with van der Waals surface area (Å²) in [5.41, 5.74) is 2.59. The van der Waals surface area contributed by atoms with Crippen LogP contribution in [0.3, 0.4) is 0 Å². The molecule has 1 N–H and O–H groups in total. The lowest BCUT2D eigenvalue weighted by Crippen LogP contribution is -2.26. The number of nitrogens with one attached hydrogen (secondary N) is 1. The number of para-hydroxylation sites is 1. The van der Waals surface area contributed by atoms with E-state index in [2.05, 4.69) is 20.3 Å². The number of halogens is 1. The molecule has 0 aliphatic carbocycles. The van der Waals surface area contributed by atoms with Crippen molar-refractivity contribution >= 4 is 39.2 Å². The van der Waals surface area contributed by atoms with Crippen molar-refractivity contribution in [2.75, 3.05) is 12.4 Å². The van der Waals surface area contributed by atoms with Gasteiger partial charge in [-0.1, -0.05) is 41.9 Å². The van der Waals surface area contributed by atoms with Gasteiger partial charge >= 0.3 is 6.01 Å². The number of nitrogens with zero attached hydrogens (tertiary/aromatic N) is 4. The van der Waals surface area contributed by atoms with E-state index in [9.17, 15) is 4.79 Å². The highest BCUT2D eigenvalue weighted by molar-refractivity contribution is 6.35. The maximum atomic E-state index is 13.6. The molecule has 1 atom stereocenters. The number of rotatable bonds is 5. The summed E-state index contributed by atoms with van der Waals surface area (Å²) in [6, 6.07) is 20.5. The minimum Gasteiger partial charge on any atom is -0.467 e. The predicted octanol–water partition coefficient (Wildman–Crippen LogP) is 5.16. The Morgan fingerprint density at radius 1 is 1.03 bits per heavy atom. The van der Waals surface area contributed by atoms with Crippen molar-refractivity contribution in [2.24, 2.45) is 0 Å². The zero-order valence-corrected chi connectivity index (χ0v) is 18.7. The summed E-state index contributed by atoms with van der Waals surface area (Å²) in [5, 5.41) is 5.08. The molecule has 0 bridgehead atoms. The maximum absolute atomic E-state index is 13.6. The Kier molecular flexibility index (Phi) is 5.40. The Hall–Kier alpha value is -3.97. The van der Waals surface area contributed by atoms with E-state index in [1.807, 2.05) is 67.6 Å². The summed E-state index contributed by atoms with van der Waals surface area (Å²) in [6.45, 7) is 1.97. The van der Waals surface area contributed by atoms with Crippen LogP contribution in [0.5, 0.6) is 6.01 Å². The molecule has 8 heteroatoms. The van der Waals surface area contributed by atoms with E-state index in [0.717, 1.165) is 16.8 Å². The van der Waals surface area contributed by atoms with E-state index >= 15 is 0 Å². The third-order valence-corrected chi connectivity index (χ3v) is 5.77. The van der Waals surface area contributed by atoms with Gasteiger partial charge < -0.3 is 10.1 Å². The van der Waals surface area contributed by atoms with Crippen LogP contribution in [-0.4, -0.2) is 26.6 Å². The largest absolute Gasteiger partial charge is 0.467 e. The smallest absolute Gasteiger partial charge is 0.318 e. The maximum Gasteiger partial charge on any atom is 0.318 e. The number of ether oxygens (including phenoxy) is 1. The minimum atomic E-state index is -0.314. The molecule has 3 heterocycles. The van der Waals surface area contributed by atoms with E-state index in [1.165, 1.54) is 7.11 Å². The van der Waals surface area contributed by atoms with Gasteiger partial charge in [0.05, 0.1) is 29.1 Å². The molecule has 3 aromatic heterocycles. The average Bonchev–Trinajstić information content (AvgIpc) is 2.84. The third-order valence-electron chi connectivity index (χ3n) is 5.45. The van der Waals surface area contributed by atoms with Crippen molar-refractivity contribution in [1.82, 2.24) is 19.5 Å². The van der Waals surface area contributed by atoms with Gasteiger partial charge in [0.15, 0.2) is 5.82 Å². The molecule has 0 saturated heterocycles. The van der Waals surface area contributed by atoms with Gasteiger partial charge in [-0.25, -0.2) is 0 Å². The fourth-order valence-corrected chi connectivity index (χ4v) is 4.18. The van der Waals surface area contributed by atoms with Crippen molar-refractivity contribution in [3.8, 4) is 11.7 Å². The summed E-state index contributed by atoms with van der Waals surface area (Å²) in [7, 11) is 1.52. The summed E-state index contributed by atoms with van der Waals surface area (Å²) < 4.78 is 6.95. The van der Waals surface area contributed by atoms with Crippen LogP contribution in [0.1, 0.15) is 18.7 Å². The predicted molar refractivity (Wildman–Crippen MR) is 130 cm³/mol. The first-order valence-electron chi connectivity index (χ1n) is 10.4. The standard InChI is InChI=1S/C25H20ClN5O2/c1-15(28-23-22-19(12-7-13-27-22)29-25(30-23)33-2)20-14-16-8-6-11-18(26)21(16)24(32)31(20)17-9-4-3-5-10-17/h3-15H,1-2H3,(H,28,29,30). The normalized spacial score (nSPS) is 12.1. The lowest BCUT2D eigenvalue weighted by molar-refractivity contribution is 0.382. The zero-order valence-electron chi connectivity index (χ0n) is 18.0. The SMILES string of the molecule is COc1nc(NC(C)c2cc3cccc(Cl)c3c(=O)n2-c2ccccc2)c2ncccc2n1. The molecule has 0 amide bonds. The lowest BCUT2D eigenvalue weighted by Gasteiger charge is -2.22. The van der Waals surface area contributed by atoms with Crippen LogP contribution < -0.4 is 15.6 Å². The van der Waals surface area contributed by atoms with Crippen molar-refractivity contribution in [2.45, 2.75) is 13.0 Å². The Balaban J connectivity index is 1.71. The van der Waals surface area contributed by atoms with E-state index in [1.54, 1.807) is 16.8 Å². The molecular formula is C25H20ClN5O2. The van der Waals surface area contributed by atoms with Crippen molar-refractivity contribution < 1.29 is 4.74 Å². The van der Waals surface area contributed by atoms with Gasteiger partial charge in [0.2, 0.25) is 0 Å². The van der Waals surface area contributed by atoms with E-state index in [4.69, 9.17) is 16.3 Å². The van der Waals surface area contributed by atoms with Crippen LogP contribution in [0.4, 0.5) is 5.82 Å². The number of fused-ring (bicyclic) bond motifs is 2. The average molecular weight is 458 g/mol. The zero-order chi connectivity index (χ0) is 22.9. The molecule has 5 rings (SSSR count). The second-order valence-corrected chi connectivity index (χ2v) is 7.95. The van der Waals surface area contributed by atoms with Crippen LogP contribution in [0.2, 0.25) is 5.02 Å². The number of hydrogen-bond donors (Lipinski definition) is 1. The molecule has 1 unspecified atom stereocenters. The van der Waals surface area contributed by atoms with Crippen LogP contribution in [-0.2, 0) is 0 Å². The summed E-state index contributed by atoms with van der Waals surface area (Å²) in [4.78, 5) is 26.9. The molecular weight excluding hydrogens is 438 g/mol. The van der Waals surface area contributed by atoms with Gasteiger partial charge in [-0.2, -0.15) is 9.97 Å². The summed E-state index contributed by atoms with van der Waals surface area (Å²) in [6.07, 6.45) is 1.69. The number of pyridine rings is 2. The third kappa shape index (κ3) is 3.76. The summed E-state index contributed by atoms with van der Waals surface area (Å²) >= 11 is 6.41. The van der Waals surface area contributed by atoms with Crippen molar-refractivity contribution in [3.63, 3.8) is 0 Å². The molecule has 0 aliphatic rings. The Bertz CT molecular complexity index is 1540. The van der Waals surface area contributed by atoms with Crippen LogP contribution >= 0.6 is 11.6 Å². The second kappa shape index (κ2) is 8.52. The Morgan fingerprint density at radius 3 is 2.64 bits per heavy atom. The quantitative estimate of drug-likeness (QED) is 0.392. The molecule has 0 fully saturated rings. The topological polar surface area (TPSA) is 81.9 Å².